The first-order chi connectivity index (χ1) is 11.7. The number of hydrogen-bond donors (Lipinski definition) is 1. The van der Waals surface area contributed by atoms with Crippen molar-refractivity contribution in [3.63, 3.8) is 0 Å². The van der Waals surface area contributed by atoms with E-state index in [0.717, 1.165) is 18.5 Å². The van der Waals surface area contributed by atoms with E-state index in [0.29, 0.717) is 30.2 Å². The number of nitrogens with zero attached hydrogens (tertiary/aromatic N) is 2. The van der Waals surface area contributed by atoms with Gasteiger partial charge in [-0.2, -0.15) is 0 Å². The van der Waals surface area contributed by atoms with E-state index in [1.165, 1.54) is 0 Å². The molecule has 8 heteroatoms. The molecule has 1 spiro atoms. The summed E-state index contributed by atoms with van der Waals surface area (Å²) in [5, 5.41) is 3.49. The lowest BCUT2D eigenvalue weighted by Gasteiger charge is -2.39. The number of likely N-dealkylation sites (tertiary alicyclic amines) is 1. The highest BCUT2D eigenvalue weighted by atomic mass is 35.5. The fourth-order valence-electron chi connectivity index (χ4n) is 3.88. The SMILES string of the molecule is CN(C)c1ccc(Cl)cc1NC(=O)N1CCCC2(CCS(=O)(=O)C2)C1. The topological polar surface area (TPSA) is 69.7 Å². The maximum atomic E-state index is 12.8. The molecule has 2 aliphatic rings. The van der Waals surface area contributed by atoms with Crippen molar-refractivity contribution < 1.29 is 13.2 Å². The summed E-state index contributed by atoms with van der Waals surface area (Å²) in [6, 6.07) is 5.17. The van der Waals surface area contributed by atoms with Crippen LogP contribution in [-0.2, 0) is 9.84 Å². The molecule has 0 bridgehead atoms. The summed E-state index contributed by atoms with van der Waals surface area (Å²) in [7, 11) is 0.834. The van der Waals surface area contributed by atoms with Crippen LogP contribution >= 0.6 is 11.6 Å². The number of carbonyl (C=O) groups excluding carboxylic acids is 1. The highest BCUT2D eigenvalue weighted by Crippen LogP contribution is 2.40. The average Bonchev–Trinajstić information content (AvgIpc) is 2.81. The minimum atomic E-state index is -2.97. The first-order valence-corrected chi connectivity index (χ1v) is 10.6. The molecule has 138 valence electrons. The van der Waals surface area contributed by atoms with E-state index < -0.39 is 9.84 Å². The maximum Gasteiger partial charge on any atom is 0.321 e. The summed E-state index contributed by atoms with van der Waals surface area (Å²) in [6.45, 7) is 1.14. The maximum absolute atomic E-state index is 12.8. The van der Waals surface area contributed by atoms with E-state index in [1.807, 2.05) is 25.1 Å². The number of halogens is 1. The van der Waals surface area contributed by atoms with Crippen molar-refractivity contribution in [3.8, 4) is 0 Å². The van der Waals surface area contributed by atoms with Crippen LogP contribution in [0.1, 0.15) is 19.3 Å². The Labute approximate surface area is 154 Å². The van der Waals surface area contributed by atoms with Crippen LogP contribution < -0.4 is 10.2 Å². The molecule has 0 radical (unpaired) electrons. The van der Waals surface area contributed by atoms with Crippen LogP contribution in [-0.4, -0.2) is 58.0 Å². The lowest BCUT2D eigenvalue weighted by atomic mass is 9.80. The second-order valence-electron chi connectivity index (χ2n) is 7.35. The van der Waals surface area contributed by atoms with Gasteiger partial charge in [0.2, 0.25) is 0 Å². The number of carbonyl (C=O) groups is 1. The van der Waals surface area contributed by atoms with Gasteiger partial charge in [0, 0.05) is 37.6 Å². The van der Waals surface area contributed by atoms with E-state index in [4.69, 9.17) is 11.6 Å². The Morgan fingerprint density at radius 1 is 1.32 bits per heavy atom. The molecule has 6 nitrogen and oxygen atoms in total. The molecule has 0 saturated carbocycles. The number of nitrogens with one attached hydrogen (secondary N) is 1. The van der Waals surface area contributed by atoms with Crippen molar-refractivity contribution in [3.05, 3.63) is 23.2 Å². The quantitative estimate of drug-likeness (QED) is 0.849. The Bertz CT molecular complexity index is 781. The van der Waals surface area contributed by atoms with Gasteiger partial charge in [-0.15, -0.1) is 0 Å². The number of piperidine rings is 1. The zero-order chi connectivity index (χ0) is 18.2. The number of benzene rings is 1. The number of hydrogen-bond acceptors (Lipinski definition) is 4. The van der Waals surface area contributed by atoms with Crippen molar-refractivity contribution in [1.82, 2.24) is 4.90 Å². The highest BCUT2D eigenvalue weighted by molar-refractivity contribution is 7.91. The fourth-order valence-corrected chi connectivity index (χ4v) is 6.25. The van der Waals surface area contributed by atoms with Gasteiger partial charge in [-0.25, -0.2) is 13.2 Å². The average molecular weight is 386 g/mol. The van der Waals surface area contributed by atoms with Crippen LogP contribution in [0.15, 0.2) is 18.2 Å². The van der Waals surface area contributed by atoms with Crippen molar-refractivity contribution in [2.75, 3.05) is 48.9 Å². The number of anilines is 2. The van der Waals surface area contributed by atoms with Gasteiger partial charge in [0.05, 0.1) is 22.9 Å². The molecule has 1 aromatic carbocycles. The van der Waals surface area contributed by atoms with Crippen molar-refractivity contribution in [1.29, 1.82) is 0 Å². The molecule has 0 aromatic heterocycles. The highest BCUT2D eigenvalue weighted by Gasteiger charge is 2.45. The summed E-state index contributed by atoms with van der Waals surface area (Å²) in [5.41, 5.74) is 1.25. The fraction of sp³-hybridized carbons (Fsp3) is 0.588. The molecule has 25 heavy (non-hydrogen) atoms. The summed E-state index contributed by atoms with van der Waals surface area (Å²) >= 11 is 6.07. The Hall–Kier alpha value is -1.47. The van der Waals surface area contributed by atoms with Gasteiger partial charge in [-0.3, -0.25) is 0 Å². The monoisotopic (exact) mass is 385 g/mol. The molecule has 2 amide bonds. The number of rotatable bonds is 2. The van der Waals surface area contributed by atoms with Gasteiger partial charge in [-0.05, 0) is 37.5 Å². The summed E-state index contributed by atoms with van der Waals surface area (Å²) in [4.78, 5) is 16.4. The molecular weight excluding hydrogens is 362 g/mol. The van der Waals surface area contributed by atoms with E-state index in [2.05, 4.69) is 5.32 Å². The first kappa shape index (κ1) is 18.3. The van der Waals surface area contributed by atoms with Crippen LogP contribution in [0.2, 0.25) is 5.02 Å². The second-order valence-corrected chi connectivity index (χ2v) is 9.97. The van der Waals surface area contributed by atoms with E-state index in [-0.39, 0.29) is 23.0 Å². The molecule has 2 aliphatic heterocycles. The minimum absolute atomic E-state index is 0.198. The largest absolute Gasteiger partial charge is 0.376 e. The van der Waals surface area contributed by atoms with Crippen molar-refractivity contribution in [2.24, 2.45) is 5.41 Å². The standard InChI is InChI=1S/C17H24ClN3O3S/c1-20(2)15-5-4-13(18)10-14(15)19-16(22)21-8-3-6-17(11-21)7-9-25(23,24)12-17/h4-5,10H,3,6-9,11-12H2,1-2H3,(H,19,22). The number of amides is 2. The smallest absolute Gasteiger partial charge is 0.321 e. The van der Waals surface area contributed by atoms with Crippen LogP contribution in [0.5, 0.6) is 0 Å². The van der Waals surface area contributed by atoms with Crippen LogP contribution in [0.3, 0.4) is 0 Å². The normalized spacial score (nSPS) is 25.2. The first-order valence-electron chi connectivity index (χ1n) is 8.43. The summed E-state index contributed by atoms with van der Waals surface area (Å²) in [6.07, 6.45) is 2.36. The number of sulfone groups is 1. The third-order valence-electron chi connectivity index (χ3n) is 5.10. The molecule has 1 N–H and O–H groups in total. The minimum Gasteiger partial charge on any atom is -0.376 e. The van der Waals surface area contributed by atoms with Gasteiger partial charge >= 0.3 is 6.03 Å². The van der Waals surface area contributed by atoms with Gasteiger partial charge < -0.3 is 15.1 Å². The zero-order valence-corrected chi connectivity index (χ0v) is 16.2. The molecule has 1 atom stereocenters. The molecule has 0 aliphatic carbocycles. The number of urea groups is 1. The molecule has 3 rings (SSSR count). The molecule has 2 fully saturated rings. The third kappa shape index (κ3) is 4.03. The molecule has 2 saturated heterocycles. The molecule has 1 aromatic rings. The van der Waals surface area contributed by atoms with Crippen molar-refractivity contribution in [2.45, 2.75) is 19.3 Å². The Kier molecular flexibility index (Phi) is 4.90. The Morgan fingerprint density at radius 2 is 2.08 bits per heavy atom. The van der Waals surface area contributed by atoms with E-state index in [9.17, 15) is 13.2 Å². The van der Waals surface area contributed by atoms with E-state index >= 15 is 0 Å². The zero-order valence-electron chi connectivity index (χ0n) is 14.6. The lowest BCUT2D eigenvalue weighted by Crippen LogP contribution is -2.48. The molecule has 1 unspecified atom stereocenters. The van der Waals surface area contributed by atoms with Crippen molar-refractivity contribution >= 4 is 38.8 Å². The second kappa shape index (κ2) is 6.68. The third-order valence-corrected chi connectivity index (χ3v) is 7.21. The lowest BCUT2D eigenvalue weighted by molar-refractivity contribution is 0.130. The van der Waals surface area contributed by atoms with Gasteiger partial charge in [-0.1, -0.05) is 11.6 Å². The molecular formula is C17H24ClN3O3S. The Morgan fingerprint density at radius 3 is 2.72 bits per heavy atom. The van der Waals surface area contributed by atoms with Crippen LogP contribution in [0, 0.1) is 5.41 Å². The van der Waals surface area contributed by atoms with Gasteiger partial charge in [0.25, 0.3) is 0 Å². The predicted octanol–water partition coefficient (Wildman–Crippen LogP) is 2.84. The molecule has 2 heterocycles. The van der Waals surface area contributed by atoms with Gasteiger partial charge in [0.1, 0.15) is 0 Å². The van der Waals surface area contributed by atoms with E-state index in [1.54, 1.807) is 17.0 Å². The predicted molar refractivity (Wildman–Crippen MR) is 101 cm³/mol. The van der Waals surface area contributed by atoms with Gasteiger partial charge in [0.15, 0.2) is 9.84 Å². The summed E-state index contributed by atoms with van der Waals surface area (Å²) in [5.74, 6) is 0.436. The van der Waals surface area contributed by atoms with Crippen LogP contribution in [0.4, 0.5) is 16.2 Å². The van der Waals surface area contributed by atoms with Crippen LogP contribution in [0.25, 0.3) is 0 Å². The Balaban J connectivity index is 1.75. The summed E-state index contributed by atoms with van der Waals surface area (Å²) < 4.78 is 23.8.